The van der Waals surface area contributed by atoms with Crippen LogP contribution in [0.5, 0.6) is 0 Å². The summed E-state index contributed by atoms with van der Waals surface area (Å²) >= 11 is 0. The number of amides is 2. The van der Waals surface area contributed by atoms with Crippen LogP contribution in [0.1, 0.15) is 31.2 Å². The number of pyridine rings is 1. The second-order valence-electron chi connectivity index (χ2n) is 6.37. The van der Waals surface area contributed by atoms with Crippen molar-refractivity contribution in [2.45, 2.75) is 32.2 Å². The first-order valence-corrected chi connectivity index (χ1v) is 8.60. The quantitative estimate of drug-likeness (QED) is 0.870. The van der Waals surface area contributed by atoms with Crippen molar-refractivity contribution in [3.05, 3.63) is 23.9 Å². The lowest BCUT2D eigenvalue weighted by Gasteiger charge is -2.27. The maximum Gasteiger partial charge on any atom is 0.315 e. The lowest BCUT2D eigenvalue weighted by atomic mass is 10.1. The van der Waals surface area contributed by atoms with Crippen LogP contribution in [0.15, 0.2) is 18.3 Å². The normalized spacial score (nSPS) is 21.2. The number of nitrogens with one attached hydrogen (secondary N) is 2. The van der Waals surface area contributed by atoms with E-state index in [-0.39, 0.29) is 6.03 Å². The average Bonchev–Trinajstić information content (AvgIpc) is 3.13. The van der Waals surface area contributed by atoms with Gasteiger partial charge in [-0.05, 0) is 37.3 Å². The number of piperidine rings is 1. The zero-order valence-electron chi connectivity index (χ0n) is 13.6. The van der Waals surface area contributed by atoms with Gasteiger partial charge in [-0.3, -0.25) is 0 Å². The Morgan fingerprint density at radius 1 is 1.26 bits per heavy atom. The summed E-state index contributed by atoms with van der Waals surface area (Å²) in [7, 11) is 0. The van der Waals surface area contributed by atoms with Gasteiger partial charge in [-0.25, -0.2) is 9.78 Å². The number of hydrogen-bond donors (Lipinski definition) is 2. The standard InChI is InChI=1S/C17H26N4O2/c22-17(20-12-15-6-9-23-13-15)19-11-14-4-5-16(18-10-14)21-7-2-1-3-8-21/h4-5,10,15H,1-3,6-9,11-13H2,(H2,19,20,22)/t15-/m0/s1. The fourth-order valence-electron chi connectivity index (χ4n) is 3.06. The van der Waals surface area contributed by atoms with Gasteiger partial charge in [0.1, 0.15) is 5.82 Å². The van der Waals surface area contributed by atoms with Crippen molar-refractivity contribution in [1.29, 1.82) is 0 Å². The Hall–Kier alpha value is -1.82. The highest BCUT2D eigenvalue weighted by atomic mass is 16.5. The van der Waals surface area contributed by atoms with Crippen LogP contribution in [-0.4, -0.2) is 43.9 Å². The molecule has 0 radical (unpaired) electrons. The van der Waals surface area contributed by atoms with Crippen molar-refractivity contribution in [3.8, 4) is 0 Å². The van der Waals surface area contributed by atoms with E-state index < -0.39 is 0 Å². The van der Waals surface area contributed by atoms with Gasteiger partial charge in [0, 0.05) is 44.9 Å². The van der Waals surface area contributed by atoms with Crippen molar-refractivity contribution in [1.82, 2.24) is 15.6 Å². The molecule has 0 aliphatic carbocycles. The molecule has 2 N–H and O–H groups in total. The van der Waals surface area contributed by atoms with Crippen LogP contribution >= 0.6 is 0 Å². The van der Waals surface area contributed by atoms with E-state index in [1.165, 1.54) is 19.3 Å². The van der Waals surface area contributed by atoms with Crippen molar-refractivity contribution < 1.29 is 9.53 Å². The van der Waals surface area contributed by atoms with Crippen molar-refractivity contribution in [3.63, 3.8) is 0 Å². The lowest BCUT2D eigenvalue weighted by Crippen LogP contribution is -2.38. The monoisotopic (exact) mass is 318 g/mol. The van der Waals surface area contributed by atoms with Crippen LogP contribution in [0.3, 0.4) is 0 Å². The van der Waals surface area contributed by atoms with Gasteiger partial charge in [0.25, 0.3) is 0 Å². The summed E-state index contributed by atoms with van der Waals surface area (Å²) in [6.45, 7) is 4.93. The molecule has 0 bridgehead atoms. The third kappa shape index (κ3) is 4.82. The molecule has 126 valence electrons. The van der Waals surface area contributed by atoms with Crippen LogP contribution in [-0.2, 0) is 11.3 Å². The summed E-state index contributed by atoms with van der Waals surface area (Å²) in [6, 6.07) is 3.97. The molecule has 2 aliphatic heterocycles. The smallest absolute Gasteiger partial charge is 0.315 e. The van der Waals surface area contributed by atoms with Gasteiger partial charge in [-0.2, -0.15) is 0 Å². The van der Waals surface area contributed by atoms with Crippen LogP contribution in [0, 0.1) is 5.92 Å². The zero-order chi connectivity index (χ0) is 15.9. The molecule has 3 rings (SSSR count). The second-order valence-corrected chi connectivity index (χ2v) is 6.37. The van der Waals surface area contributed by atoms with E-state index in [4.69, 9.17) is 4.74 Å². The summed E-state index contributed by atoms with van der Waals surface area (Å²) < 4.78 is 5.30. The van der Waals surface area contributed by atoms with E-state index >= 15 is 0 Å². The summed E-state index contributed by atoms with van der Waals surface area (Å²) in [5.74, 6) is 1.49. The molecule has 0 saturated carbocycles. The molecule has 6 nitrogen and oxygen atoms in total. The van der Waals surface area contributed by atoms with E-state index in [0.29, 0.717) is 19.0 Å². The molecule has 2 fully saturated rings. The third-order valence-corrected chi connectivity index (χ3v) is 4.52. The molecule has 0 unspecified atom stereocenters. The number of carbonyl (C=O) groups is 1. The van der Waals surface area contributed by atoms with Crippen LogP contribution in [0.4, 0.5) is 10.6 Å². The SMILES string of the molecule is O=C(NCc1ccc(N2CCCCC2)nc1)NC[C@@H]1CCOC1. The largest absolute Gasteiger partial charge is 0.381 e. The van der Waals surface area contributed by atoms with Crippen LogP contribution in [0.25, 0.3) is 0 Å². The number of nitrogens with zero attached hydrogens (tertiary/aromatic N) is 2. The van der Waals surface area contributed by atoms with Crippen LogP contribution in [0.2, 0.25) is 0 Å². The number of urea groups is 1. The minimum atomic E-state index is -0.128. The Morgan fingerprint density at radius 3 is 2.83 bits per heavy atom. The lowest BCUT2D eigenvalue weighted by molar-refractivity contribution is 0.185. The minimum Gasteiger partial charge on any atom is -0.381 e. The first kappa shape index (κ1) is 16.1. The van der Waals surface area contributed by atoms with E-state index in [0.717, 1.165) is 44.1 Å². The van der Waals surface area contributed by atoms with Crippen LogP contribution < -0.4 is 15.5 Å². The molecule has 23 heavy (non-hydrogen) atoms. The minimum absolute atomic E-state index is 0.128. The second kappa shape index (κ2) is 8.15. The van der Waals surface area contributed by atoms with Gasteiger partial charge in [0.05, 0.1) is 6.61 Å². The maximum atomic E-state index is 11.8. The molecule has 1 atom stereocenters. The van der Waals surface area contributed by atoms with Gasteiger partial charge in [0.2, 0.25) is 0 Å². The first-order valence-electron chi connectivity index (χ1n) is 8.60. The predicted molar refractivity (Wildman–Crippen MR) is 89.5 cm³/mol. The van der Waals surface area contributed by atoms with Gasteiger partial charge < -0.3 is 20.3 Å². The highest BCUT2D eigenvalue weighted by molar-refractivity contribution is 5.73. The summed E-state index contributed by atoms with van der Waals surface area (Å²) in [4.78, 5) is 18.7. The molecular formula is C17H26N4O2. The summed E-state index contributed by atoms with van der Waals surface area (Å²) in [6.07, 6.45) is 6.70. The Bertz CT molecular complexity index is 494. The summed E-state index contributed by atoms with van der Waals surface area (Å²) in [5.41, 5.74) is 1.02. The Morgan fingerprint density at radius 2 is 2.13 bits per heavy atom. The van der Waals surface area contributed by atoms with E-state index in [1.807, 2.05) is 12.3 Å². The molecule has 1 aromatic rings. The highest BCUT2D eigenvalue weighted by Gasteiger charge is 2.16. The zero-order valence-corrected chi connectivity index (χ0v) is 13.6. The topological polar surface area (TPSA) is 66.5 Å². The molecule has 3 heterocycles. The molecule has 2 amide bonds. The number of rotatable bonds is 5. The van der Waals surface area contributed by atoms with Crippen molar-refractivity contribution in [2.75, 3.05) is 37.7 Å². The fourth-order valence-corrected chi connectivity index (χ4v) is 3.06. The van der Waals surface area contributed by atoms with Gasteiger partial charge in [-0.15, -0.1) is 0 Å². The maximum absolute atomic E-state index is 11.8. The molecule has 2 saturated heterocycles. The number of ether oxygens (including phenoxy) is 1. The predicted octanol–water partition coefficient (Wildman–Crippen LogP) is 1.91. The van der Waals surface area contributed by atoms with E-state index in [2.05, 4.69) is 26.6 Å². The summed E-state index contributed by atoms with van der Waals surface area (Å²) in [5, 5.41) is 5.78. The first-order chi connectivity index (χ1) is 11.3. The Labute approximate surface area is 137 Å². The van der Waals surface area contributed by atoms with E-state index in [9.17, 15) is 4.79 Å². The van der Waals surface area contributed by atoms with Crippen molar-refractivity contribution >= 4 is 11.8 Å². The van der Waals surface area contributed by atoms with E-state index in [1.54, 1.807) is 0 Å². The molecule has 1 aromatic heterocycles. The molecular weight excluding hydrogens is 292 g/mol. The Balaban J connectivity index is 1.40. The number of carbonyl (C=O) groups excluding carboxylic acids is 1. The molecule has 0 aromatic carbocycles. The average molecular weight is 318 g/mol. The third-order valence-electron chi connectivity index (χ3n) is 4.52. The number of hydrogen-bond acceptors (Lipinski definition) is 4. The fraction of sp³-hybridized carbons (Fsp3) is 0.647. The van der Waals surface area contributed by atoms with Gasteiger partial charge in [0.15, 0.2) is 0 Å². The number of aromatic nitrogens is 1. The Kier molecular flexibility index (Phi) is 5.69. The molecule has 0 spiro atoms. The van der Waals surface area contributed by atoms with Gasteiger partial charge >= 0.3 is 6.03 Å². The molecule has 2 aliphatic rings. The van der Waals surface area contributed by atoms with Crippen molar-refractivity contribution in [2.24, 2.45) is 5.92 Å². The highest BCUT2D eigenvalue weighted by Crippen LogP contribution is 2.17. The van der Waals surface area contributed by atoms with Gasteiger partial charge in [-0.1, -0.05) is 6.07 Å². The molecule has 6 heteroatoms. The number of anilines is 1.